The smallest absolute Gasteiger partial charge is 0.171 e. The number of benzene rings is 3. The fraction of sp³-hybridized carbons (Fsp3) is 0.0952. The molecule has 0 aliphatic rings. The zero-order valence-corrected chi connectivity index (χ0v) is 15.5. The molecule has 3 aromatic rings. The highest BCUT2D eigenvalue weighted by atomic mass is 31.2. The van der Waals surface area contributed by atoms with Gasteiger partial charge >= 0.3 is 0 Å². The molecule has 0 aliphatic heterocycles. The van der Waals surface area contributed by atoms with Gasteiger partial charge in [-0.3, -0.25) is 4.79 Å². The highest BCUT2D eigenvalue weighted by Crippen LogP contribution is 2.42. The Morgan fingerprint density at radius 2 is 1.00 bits per heavy atom. The molecule has 5 heteroatoms. The average Bonchev–Trinajstić information content (AvgIpc) is 2.73. The molecule has 0 aliphatic carbocycles. The Hall–Kier alpha value is -2.84. The van der Waals surface area contributed by atoms with E-state index < -0.39 is 7.14 Å². The van der Waals surface area contributed by atoms with Crippen LogP contribution in [0.25, 0.3) is 0 Å². The van der Waals surface area contributed by atoms with Gasteiger partial charge in [0.2, 0.25) is 0 Å². The lowest BCUT2D eigenvalue weighted by molar-refractivity contribution is 0.112. The van der Waals surface area contributed by atoms with Gasteiger partial charge in [-0.1, -0.05) is 24.3 Å². The number of carbonyl (C=O) groups excluding carboxylic acids is 1. The van der Waals surface area contributed by atoms with Crippen molar-refractivity contribution in [1.29, 1.82) is 0 Å². The molecule has 0 amide bonds. The molecule has 26 heavy (non-hydrogen) atoms. The van der Waals surface area contributed by atoms with Crippen LogP contribution in [-0.2, 0) is 4.57 Å². The van der Waals surface area contributed by atoms with Gasteiger partial charge in [-0.05, 0) is 48.5 Å². The van der Waals surface area contributed by atoms with Gasteiger partial charge in [0, 0.05) is 21.5 Å². The fourth-order valence-electron chi connectivity index (χ4n) is 2.79. The van der Waals surface area contributed by atoms with Crippen LogP contribution in [0.4, 0.5) is 0 Å². The molecule has 4 nitrogen and oxygen atoms in total. The number of carbonyl (C=O) groups is 1. The van der Waals surface area contributed by atoms with Crippen molar-refractivity contribution < 1.29 is 18.8 Å². The monoisotopic (exact) mass is 366 g/mol. The zero-order chi connectivity index (χ0) is 18.6. The summed E-state index contributed by atoms with van der Waals surface area (Å²) in [5, 5.41) is 2.06. The van der Waals surface area contributed by atoms with Crippen molar-refractivity contribution in [3.8, 4) is 11.5 Å². The summed E-state index contributed by atoms with van der Waals surface area (Å²) >= 11 is 0. The number of methoxy groups -OCH3 is 2. The Kier molecular flexibility index (Phi) is 5.24. The lowest BCUT2D eigenvalue weighted by Crippen LogP contribution is -2.25. The summed E-state index contributed by atoms with van der Waals surface area (Å²) in [6.45, 7) is 0. The SMILES string of the molecule is COc1ccc(P(=O)(c2ccc(C=O)cc2)c2ccc(OC)cc2)cc1. The Morgan fingerprint density at radius 1 is 0.654 bits per heavy atom. The first-order valence-electron chi connectivity index (χ1n) is 8.07. The van der Waals surface area contributed by atoms with E-state index in [-0.39, 0.29) is 0 Å². The summed E-state index contributed by atoms with van der Waals surface area (Å²) in [6.07, 6.45) is 0.773. The van der Waals surface area contributed by atoms with Gasteiger partial charge in [-0.15, -0.1) is 0 Å². The predicted octanol–water partition coefficient (Wildman–Crippen LogP) is 3.16. The van der Waals surface area contributed by atoms with E-state index in [0.717, 1.165) is 6.29 Å². The molecule has 0 N–H and O–H groups in total. The summed E-state index contributed by atoms with van der Waals surface area (Å²) in [4.78, 5) is 11.0. The molecule has 0 atom stereocenters. The molecule has 0 spiro atoms. The normalized spacial score (nSPS) is 11.0. The van der Waals surface area contributed by atoms with E-state index in [1.165, 1.54) is 0 Å². The van der Waals surface area contributed by atoms with E-state index in [1.807, 2.05) is 24.3 Å². The van der Waals surface area contributed by atoms with E-state index in [0.29, 0.717) is 33.0 Å². The third-order valence-corrected chi connectivity index (χ3v) is 7.34. The molecule has 0 saturated heterocycles. The third-order valence-electron chi connectivity index (χ3n) is 4.26. The molecule has 3 rings (SSSR count). The van der Waals surface area contributed by atoms with Crippen molar-refractivity contribution in [3.05, 3.63) is 78.4 Å². The van der Waals surface area contributed by atoms with Crippen LogP contribution in [0.15, 0.2) is 72.8 Å². The molecule has 0 saturated carbocycles. The van der Waals surface area contributed by atoms with Crippen molar-refractivity contribution in [2.75, 3.05) is 14.2 Å². The highest BCUT2D eigenvalue weighted by Gasteiger charge is 2.29. The lowest BCUT2D eigenvalue weighted by Gasteiger charge is -2.20. The molecule has 0 radical (unpaired) electrons. The molecule has 0 fully saturated rings. The molecule has 0 aromatic heterocycles. The maximum absolute atomic E-state index is 14.2. The number of aldehydes is 1. The molecule has 0 bridgehead atoms. The van der Waals surface area contributed by atoms with Crippen LogP contribution in [0.5, 0.6) is 11.5 Å². The Balaban J connectivity index is 2.18. The second-order valence-electron chi connectivity index (χ2n) is 5.71. The van der Waals surface area contributed by atoms with E-state index in [4.69, 9.17) is 9.47 Å². The Bertz CT molecular complexity index is 878. The van der Waals surface area contributed by atoms with Crippen molar-refractivity contribution in [3.63, 3.8) is 0 Å². The minimum absolute atomic E-state index is 0.546. The third kappa shape index (κ3) is 3.29. The number of rotatable bonds is 6. The first kappa shape index (κ1) is 18.0. The highest BCUT2D eigenvalue weighted by molar-refractivity contribution is 7.85. The summed E-state index contributed by atoms with van der Waals surface area (Å²) < 4.78 is 24.7. The zero-order valence-electron chi connectivity index (χ0n) is 14.6. The second kappa shape index (κ2) is 7.59. The van der Waals surface area contributed by atoms with Crippen LogP contribution in [0.3, 0.4) is 0 Å². The number of ether oxygens (including phenoxy) is 2. The van der Waals surface area contributed by atoms with Crippen LogP contribution >= 0.6 is 7.14 Å². The van der Waals surface area contributed by atoms with Crippen molar-refractivity contribution >= 4 is 29.3 Å². The van der Waals surface area contributed by atoms with Gasteiger partial charge in [0.15, 0.2) is 7.14 Å². The van der Waals surface area contributed by atoms with Gasteiger partial charge in [-0.25, -0.2) is 0 Å². The standard InChI is InChI=1S/C21H19O4P/c1-24-17-5-11-20(12-6-17)26(23,19-9-3-16(15-22)4-10-19)21-13-7-18(25-2)8-14-21/h3-15H,1-2H3. The molecular weight excluding hydrogens is 347 g/mol. The maximum atomic E-state index is 14.2. The summed E-state index contributed by atoms with van der Waals surface area (Å²) in [5.74, 6) is 1.40. The summed E-state index contributed by atoms with van der Waals surface area (Å²) in [6, 6.07) is 21.3. The van der Waals surface area contributed by atoms with Gasteiger partial charge in [0.05, 0.1) is 14.2 Å². The van der Waals surface area contributed by atoms with Crippen molar-refractivity contribution in [2.24, 2.45) is 0 Å². The quantitative estimate of drug-likeness (QED) is 0.497. The van der Waals surface area contributed by atoms with Gasteiger partial charge in [0.1, 0.15) is 17.8 Å². The van der Waals surface area contributed by atoms with E-state index >= 15 is 0 Å². The topological polar surface area (TPSA) is 52.6 Å². The van der Waals surface area contributed by atoms with E-state index in [1.54, 1.807) is 62.8 Å². The summed E-state index contributed by atoms with van der Waals surface area (Å²) in [7, 11) is 0.0925. The largest absolute Gasteiger partial charge is 0.497 e. The maximum Gasteiger partial charge on any atom is 0.171 e. The Labute approximate surface area is 152 Å². The Morgan fingerprint density at radius 3 is 1.31 bits per heavy atom. The molecule has 0 unspecified atom stereocenters. The first-order chi connectivity index (χ1) is 12.6. The van der Waals surface area contributed by atoms with Crippen LogP contribution in [-0.4, -0.2) is 20.5 Å². The van der Waals surface area contributed by atoms with Crippen LogP contribution in [0, 0.1) is 0 Å². The summed E-state index contributed by atoms with van der Waals surface area (Å²) in [5.41, 5.74) is 0.546. The first-order valence-corrected chi connectivity index (χ1v) is 9.77. The van der Waals surface area contributed by atoms with Gasteiger partial charge < -0.3 is 14.0 Å². The lowest BCUT2D eigenvalue weighted by atomic mass is 10.2. The van der Waals surface area contributed by atoms with Gasteiger partial charge in [0.25, 0.3) is 0 Å². The van der Waals surface area contributed by atoms with E-state index in [9.17, 15) is 9.36 Å². The average molecular weight is 366 g/mol. The molecule has 132 valence electrons. The molecule has 0 heterocycles. The minimum Gasteiger partial charge on any atom is -0.497 e. The van der Waals surface area contributed by atoms with Crippen LogP contribution < -0.4 is 25.4 Å². The fourth-order valence-corrected chi connectivity index (χ4v) is 5.40. The van der Waals surface area contributed by atoms with Crippen LogP contribution in [0.2, 0.25) is 0 Å². The van der Waals surface area contributed by atoms with Crippen molar-refractivity contribution in [1.82, 2.24) is 0 Å². The minimum atomic E-state index is -3.09. The van der Waals surface area contributed by atoms with E-state index in [2.05, 4.69) is 0 Å². The van der Waals surface area contributed by atoms with Crippen molar-refractivity contribution in [2.45, 2.75) is 0 Å². The molecular formula is C21H19O4P. The number of hydrogen-bond donors (Lipinski definition) is 0. The molecule has 3 aromatic carbocycles. The van der Waals surface area contributed by atoms with Gasteiger partial charge in [-0.2, -0.15) is 0 Å². The predicted molar refractivity (Wildman–Crippen MR) is 104 cm³/mol. The number of hydrogen-bond acceptors (Lipinski definition) is 4. The second-order valence-corrected chi connectivity index (χ2v) is 8.48. The van der Waals surface area contributed by atoms with Crippen LogP contribution in [0.1, 0.15) is 10.4 Å².